The van der Waals surface area contributed by atoms with Gasteiger partial charge in [0.2, 0.25) is 0 Å². The number of amides is 1. The first-order valence-corrected chi connectivity index (χ1v) is 8.21. The number of nitrogens with zero attached hydrogens (tertiary/aromatic N) is 4. The normalized spacial score (nSPS) is 27.2. The SMILES string of the molecule is CC(C)CNC(=O)C(O)[C@H]1O[C@@H](n2cnc3c(N)ncnc32)C(O)C1O. The van der Waals surface area contributed by atoms with Crippen molar-refractivity contribution in [3.8, 4) is 0 Å². The molecule has 3 unspecified atom stereocenters. The van der Waals surface area contributed by atoms with Gasteiger partial charge in [0.15, 0.2) is 23.8 Å². The number of hydrogen-bond donors (Lipinski definition) is 5. The van der Waals surface area contributed by atoms with E-state index in [1.54, 1.807) is 0 Å². The van der Waals surface area contributed by atoms with Crippen LogP contribution in [0.25, 0.3) is 11.2 Å². The van der Waals surface area contributed by atoms with E-state index in [1.807, 2.05) is 13.8 Å². The molecular formula is C15H22N6O5. The number of rotatable bonds is 5. The summed E-state index contributed by atoms with van der Waals surface area (Å²) in [5.74, 6) is -0.328. The molecule has 0 radical (unpaired) electrons. The third-order valence-corrected chi connectivity index (χ3v) is 4.20. The third-order valence-electron chi connectivity index (χ3n) is 4.20. The van der Waals surface area contributed by atoms with Gasteiger partial charge in [-0.1, -0.05) is 13.8 Å². The maximum absolute atomic E-state index is 12.0. The Balaban J connectivity index is 1.81. The van der Waals surface area contributed by atoms with Crippen LogP contribution < -0.4 is 11.1 Å². The number of imidazole rings is 1. The monoisotopic (exact) mass is 366 g/mol. The average molecular weight is 366 g/mol. The minimum absolute atomic E-state index is 0.159. The van der Waals surface area contributed by atoms with E-state index in [4.69, 9.17) is 10.5 Å². The lowest BCUT2D eigenvalue weighted by atomic mass is 10.0. The Morgan fingerprint density at radius 1 is 1.35 bits per heavy atom. The number of aromatic nitrogens is 4. The van der Waals surface area contributed by atoms with Gasteiger partial charge in [-0.05, 0) is 5.92 Å². The minimum Gasteiger partial charge on any atom is -0.387 e. The minimum atomic E-state index is -1.64. The van der Waals surface area contributed by atoms with Crippen LogP contribution >= 0.6 is 0 Å². The molecule has 1 fully saturated rings. The largest absolute Gasteiger partial charge is 0.387 e. The maximum Gasteiger partial charge on any atom is 0.251 e. The lowest BCUT2D eigenvalue weighted by Gasteiger charge is -2.21. The van der Waals surface area contributed by atoms with E-state index >= 15 is 0 Å². The quantitative estimate of drug-likeness (QED) is 0.408. The van der Waals surface area contributed by atoms with Gasteiger partial charge < -0.3 is 31.1 Å². The van der Waals surface area contributed by atoms with Crippen LogP contribution in [-0.2, 0) is 9.53 Å². The Bertz CT molecular complexity index is 796. The van der Waals surface area contributed by atoms with Crippen molar-refractivity contribution < 1.29 is 24.9 Å². The van der Waals surface area contributed by atoms with Crippen LogP contribution in [-0.4, -0.2) is 71.7 Å². The molecule has 5 atom stereocenters. The molecule has 3 heterocycles. The predicted octanol–water partition coefficient (Wildman–Crippen LogP) is -1.84. The van der Waals surface area contributed by atoms with Crippen molar-refractivity contribution in [1.29, 1.82) is 0 Å². The van der Waals surface area contributed by atoms with Crippen LogP contribution in [0.5, 0.6) is 0 Å². The van der Waals surface area contributed by atoms with Crippen molar-refractivity contribution in [3.63, 3.8) is 0 Å². The van der Waals surface area contributed by atoms with Gasteiger partial charge >= 0.3 is 0 Å². The summed E-state index contributed by atoms with van der Waals surface area (Å²) < 4.78 is 6.95. The number of fused-ring (bicyclic) bond motifs is 1. The Morgan fingerprint density at radius 2 is 2.08 bits per heavy atom. The van der Waals surface area contributed by atoms with Crippen LogP contribution in [0.4, 0.5) is 5.82 Å². The molecule has 0 aromatic carbocycles. The molecule has 11 nitrogen and oxygen atoms in total. The number of ether oxygens (including phenoxy) is 1. The maximum atomic E-state index is 12.0. The zero-order valence-corrected chi connectivity index (χ0v) is 14.4. The van der Waals surface area contributed by atoms with Crippen LogP contribution in [0.15, 0.2) is 12.7 Å². The van der Waals surface area contributed by atoms with E-state index < -0.39 is 36.6 Å². The van der Waals surface area contributed by atoms with E-state index in [-0.39, 0.29) is 11.7 Å². The fourth-order valence-electron chi connectivity index (χ4n) is 2.79. The Labute approximate surface area is 148 Å². The van der Waals surface area contributed by atoms with Crippen molar-refractivity contribution in [2.75, 3.05) is 12.3 Å². The van der Waals surface area contributed by atoms with Crippen molar-refractivity contribution in [1.82, 2.24) is 24.8 Å². The summed E-state index contributed by atoms with van der Waals surface area (Å²) in [5.41, 5.74) is 6.35. The highest BCUT2D eigenvalue weighted by atomic mass is 16.6. The molecule has 1 aliphatic rings. The second-order valence-corrected chi connectivity index (χ2v) is 6.64. The summed E-state index contributed by atoms with van der Waals surface area (Å²) in [5, 5.41) is 33.4. The van der Waals surface area contributed by atoms with Gasteiger partial charge in [-0.3, -0.25) is 9.36 Å². The third kappa shape index (κ3) is 3.21. The number of anilines is 1. The number of nitrogens with one attached hydrogen (secondary N) is 1. The molecule has 142 valence electrons. The molecule has 11 heteroatoms. The summed E-state index contributed by atoms with van der Waals surface area (Å²) in [7, 11) is 0. The fourth-order valence-corrected chi connectivity index (χ4v) is 2.79. The molecular weight excluding hydrogens is 344 g/mol. The molecule has 0 saturated carbocycles. The first-order valence-electron chi connectivity index (χ1n) is 8.21. The van der Waals surface area contributed by atoms with Gasteiger partial charge in [0.1, 0.15) is 30.2 Å². The smallest absolute Gasteiger partial charge is 0.251 e. The Hall–Kier alpha value is -2.34. The van der Waals surface area contributed by atoms with Crippen molar-refractivity contribution in [2.45, 2.75) is 44.5 Å². The number of nitrogen functional groups attached to an aromatic ring is 1. The Morgan fingerprint density at radius 3 is 2.77 bits per heavy atom. The van der Waals surface area contributed by atoms with E-state index in [2.05, 4.69) is 20.3 Å². The topological polar surface area (TPSA) is 169 Å². The van der Waals surface area contributed by atoms with Gasteiger partial charge in [-0.25, -0.2) is 15.0 Å². The predicted molar refractivity (Wildman–Crippen MR) is 89.5 cm³/mol. The van der Waals surface area contributed by atoms with E-state index in [0.29, 0.717) is 17.7 Å². The Kier molecular flexibility index (Phi) is 5.05. The van der Waals surface area contributed by atoms with Crippen LogP contribution in [0.1, 0.15) is 20.1 Å². The van der Waals surface area contributed by atoms with Gasteiger partial charge in [-0.2, -0.15) is 0 Å². The lowest BCUT2D eigenvalue weighted by Crippen LogP contribution is -2.48. The number of hydrogen-bond acceptors (Lipinski definition) is 9. The molecule has 0 spiro atoms. The molecule has 0 aliphatic carbocycles. The summed E-state index contributed by atoms with van der Waals surface area (Å²) in [6, 6.07) is 0. The van der Waals surface area contributed by atoms with Crippen LogP contribution in [0.2, 0.25) is 0 Å². The molecule has 2 aromatic rings. The second-order valence-electron chi connectivity index (χ2n) is 6.64. The van der Waals surface area contributed by atoms with Gasteiger partial charge in [-0.15, -0.1) is 0 Å². The zero-order valence-electron chi connectivity index (χ0n) is 14.4. The summed E-state index contributed by atoms with van der Waals surface area (Å²) >= 11 is 0. The number of carbonyl (C=O) groups is 1. The summed E-state index contributed by atoms with van der Waals surface area (Å²) in [6.07, 6.45) is -4.35. The van der Waals surface area contributed by atoms with Crippen molar-refractivity contribution in [3.05, 3.63) is 12.7 Å². The molecule has 6 N–H and O–H groups in total. The summed E-state index contributed by atoms with van der Waals surface area (Å²) in [6.45, 7) is 4.18. The van der Waals surface area contributed by atoms with Gasteiger partial charge in [0.05, 0.1) is 6.33 Å². The second kappa shape index (κ2) is 7.11. The number of aliphatic hydroxyl groups is 3. The zero-order chi connectivity index (χ0) is 19.0. The number of nitrogens with two attached hydrogens (primary N) is 1. The van der Waals surface area contributed by atoms with Gasteiger partial charge in [0, 0.05) is 6.54 Å². The highest BCUT2D eigenvalue weighted by molar-refractivity contribution is 5.82. The van der Waals surface area contributed by atoms with Crippen molar-refractivity contribution in [2.24, 2.45) is 5.92 Å². The van der Waals surface area contributed by atoms with Gasteiger partial charge in [0.25, 0.3) is 5.91 Å². The van der Waals surface area contributed by atoms with E-state index in [1.165, 1.54) is 17.2 Å². The lowest BCUT2D eigenvalue weighted by molar-refractivity contribution is -0.143. The molecule has 2 aromatic heterocycles. The molecule has 26 heavy (non-hydrogen) atoms. The fraction of sp³-hybridized carbons (Fsp3) is 0.600. The molecule has 1 saturated heterocycles. The molecule has 0 bridgehead atoms. The average Bonchev–Trinajstić information content (AvgIpc) is 3.15. The van der Waals surface area contributed by atoms with E-state index in [9.17, 15) is 20.1 Å². The highest BCUT2D eigenvalue weighted by Gasteiger charge is 2.49. The standard InChI is InChI=1S/C15H22N6O5/c1-6(2)3-17-14(25)10(24)11-8(22)9(23)15(26-11)21-5-20-7-12(16)18-4-19-13(7)21/h4-6,8-11,15,22-24H,3H2,1-2H3,(H,17,25)(H2,16,18,19)/t8?,9?,10?,11-,15+/m0/s1. The molecule has 1 aliphatic heterocycles. The number of carbonyl (C=O) groups excluding carboxylic acids is 1. The van der Waals surface area contributed by atoms with Crippen LogP contribution in [0, 0.1) is 5.92 Å². The highest BCUT2D eigenvalue weighted by Crippen LogP contribution is 2.33. The van der Waals surface area contributed by atoms with Crippen molar-refractivity contribution >= 4 is 22.9 Å². The first-order chi connectivity index (χ1) is 12.3. The summed E-state index contributed by atoms with van der Waals surface area (Å²) in [4.78, 5) is 24.0. The molecule has 3 rings (SSSR count). The van der Waals surface area contributed by atoms with E-state index in [0.717, 1.165) is 0 Å². The first kappa shape index (κ1) is 18.5. The van der Waals surface area contributed by atoms with Crippen LogP contribution in [0.3, 0.4) is 0 Å². The number of aliphatic hydroxyl groups excluding tert-OH is 3. The molecule has 1 amide bonds.